The van der Waals surface area contributed by atoms with Crippen molar-refractivity contribution in [2.75, 3.05) is 4.72 Å². The largest absolute Gasteiger partial charge is 0.505 e. The Morgan fingerprint density at radius 1 is 1.56 bits per heavy atom. The summed E-state index contributed by atoms with van der Waals surface area (Å²) in [4.78, 5) is 9.69. The molecule has 0 aromatic heterocycles. The van der Waals surface area contributed by atoms with Crippen molar-refractivity contribution in [2.45, 2.75) is 12.2 Å². The maximum absolute atomic E-state index is 11.5. The van der Waals surface area contributed by atoms with Crippen molar-refractivity contribution in [1.82, 2.24) is 0 Å². The van der Waals surface area contributed by atoms with E-state index in [9.17, 15) is 23.6 Å². The molecule has 1 aromatic rings. The van der Waals surface area contributed by atoms with Gasteiger partial charge in [0.05, 0.1) is 22.7 Å². The molecule has 1 aromatic carbocycles. The maximum atomic E-state index is 11.5. The van der Waals surface area contributed by atoms with Crippen LogP contribution in [0.25, 0.3) is 0 Å². The summed E-state index contributed by atoms with van der Waals surface area (Å²) in [5.41, 5.74) is -0.591. The summed E-state index contributed by atoms with van der Waals surface area (Å²) in [5.74, 6) is -0.585. The van der Waals surface area contributed by atoms with E-state index in [0.29, 0.717) is 0 Å². The predicted octanol–water partition coefficient (Wildman–Crippen LogP) is 0.954. The summed E-state index contributed by atoms with van der Waals surface area (Å²) in [6, 6.07) is 4.44. The van der Waals surface area contributed by atoms with E-state index in [4.69, 9.17) is 5.26 Å². The lowest BCUT2D eigenvalue weighted by atomic mass is 10.2. The summed E-state index contributed by atoms with van der Waals surface area (Å²) >= 11 is 0. The standard InChI is InChI=1S/C9H9N3O5S/c1-6(5-10)18(16,17)11-8-3-2-7(12(14)15)4-9(8)13/h2-4,6,11,13H,1H3. The molecule has 9 heteroatoms. The minimum atomic E-state index is -3.96. The van der Waals surface area contributed by atoms with Crippen LogP contribution in [0.3, 0.4) is 0 Å². The fourth-order valence-electron chi connectivity index (χ4n) is 1.03. The van der Waals surface area contributed by atoms with Crippen molar-refractivity contribution >= 4 is 21.4 Å². The van der Waals surface area contributed by atoms with Crippen molar-refractivity contribution in [1.29, 1.82) is 5.26 Å². The third kappa shape index (κ3) is 2.86. The Labute approximate surface area is 103 Å². The van der Waals surface area contributed by atoms with Gasteiger partial charge in [-0.1, -0.05) is 0 Å². The molecule has 0 heterocycles. The highest BCUT2D eigenvalue weighted by atomic mass is 32.2. The number of aromatic hydroxyl groups is 1. The third-order valence-corrected chi connectivity index (χ3v) is 3.63. The highest BCUT2D eigenvalue weighted by Gasteiger charge is 2.22. The number of nitriles is 1. The zero-order valence-corrected chi connectivity index (χ0v) is 10.0. The van der Waals surface area contributed by atoms with E-state index >= 15 is 0 Å². The zero-order valence-electron chi connectivity index (χ0n) is 9.19. The number of nitrogens with one attached hydrogen (secondary N) is 1. The fourth-order valence-corrected chi connectivity index (χ4v) is 1.83. The number of nitro groups is 1. The quantitative estimate of drug-likeness (QED) is 0.475. The molecule has 0 saturated heterocycles. The molecule has 0 radical (unpaired) electrons. The second-order valence-corrected chi connectivity index (χ2v) is 5.38. The summed E-state index contributed by atoms with van der Waals surface area (Å²) in [6.45, 7) is 1.17. The van der Waals surface area contributed by atoms with Crippen LogP contribution in [0.2, 0.25) is 0 Å². The van der Waals surface area contributed by atoms with Gasteiger partial charge in [0.1, 0.15) is 5.75 Å². The van der Waals surface area contributed by atoms with Crippen LogP contribution in [-0.4, -0.2) is 23.7 Å². The van der Waals surface area contributed by atoms with Gasteiger partial charge in [-0.2, -0.15) is 5.26 Å². The second kappa shape index (κ2) is 4.89. The number of hydrogen-bond acceptors (Lipinski definition) is 6. The average Bonchev–Trinajstić information content (AvgIpc) is 2.30. The molecule has 1 rings (SSSR count). The van der Waals surface area contributed by atoms with Gasteiger partial charge >= 0.3 is 0 Å². The van der Waals surface area contributed by atoms with Crippen molar-refractivity contribution in [3.63, 3.8) is 0 Å². The molecule has 18 heavy (non-hydrogen) atoms. The lowest BCUT2D eigenvalue weighted by molar-refractivity contribution is -0.384. The third-order valence-electron chi connectivity index (χ3n) is 2.09. The number of sulfonamides is 1. The van der Waals surface area contributed by atoms with Gasteiger partial charge in [-0.3, -0.25) is 14.8 Å². The molecule has 0 amide bonds. The minimum absolute atomic E-state index is 0.220. The molecule has 0 spiro atoms. The summed E-state index contributed by atoms with van der Waals surface area (Å²) in [7, 11) is -3.96. The van der Waals surface area contributed by atoms with Gasteiger partial charge in [0.15, 0.2) is 5.25 Å². The van der Waals surface area contributed by atoms with Gasteiger partial charge in [-0.25, -0.2) is 8.42 Å². The average molecular weight is 271 g/mol. The number of nitro benzene ring substituents is 1. The van der Waals surface area contributed by atoms with E-state index in [2.05, 4.69) is 0 Å². The predicted molar refractivity (Wildman–Crippen MR) is 62.4 cm³/mol. The van der Waals surface area contributed by atoms with Gasteiger partial charge in [-0.15, -0.1) is 0 Å². The normalized spacial score (nSPS) is 12.4. The van der Waals surface area contributed by atoms with Crippen LogP contribution in [0.1, 0.15) is 6.92 Å². The van der Waals surface area contributed by atoms with Gasteiger partial charge in [-0.05, 0) is 13.0 Å². The molecule has 1 unspecified atom stereocenters. The van der Waals surface area contributed by atoms with E-state index in [0.717, 1.165) is 18.2 Å². The van der Waals surface area contributed by atoms with E-state index in [1.165, 1.54) is 13.0 Å². The molecule has 0 aliphatic carbocycles. The van der Waals surface area contributed by atoms with Crippen molar-refractivity contribution in [3.8, 4) is 11.8 Å². The number of hydrogen-bond donors (Lipinski definition) is 2. The lowest BCUT2D eigenvalue weighted by Crippen LogP contribution is -2.23. The van der Waals surface area contributed by atoms with Gasteiger partial charge in [0.25, 0.3) is 5.69 Å². The number of nitrogens with zero attached hydrogens (tertiary/aromatic N) is 2. The van der Waals surface area contributed by atoms with Crippen molar-refractivity contribution < 1.29 is 18.4 Å². The summed E-state index contributed by atoms with van der Waals surface area (Å²) in [5, 5.41) is 27.1. The highest BCUT2D eigenvalue weighted by molar-refractivity contribution is 7.93. The van der Waals surface area contributed by atoms with Crippen LogP contribution in [-0.2, 0) is 10.0 Å². The number of phenolic OH excluding ortho intramolecular Hbond substituents is 1. The number of benzene rings is 1. The molecular weight excluding hydrogens is 262 g/mol. The molecule has 0 aliphatic rings. The first-order valence-corrected chi connectivity index (χ1v) is 6.21. The van der Waals surface area contributed by atoms with E-state index < -0.39 is 25.9 Å². The molecule has 8 nitrogen and oxygen atoms in total. The molecule has 0 saturated carbocycles. The molecular formula is C9H9N3O5S. The summed E-state index contributed by atoms with van der Waals surface area (Å²) < 4.78 is 25.0. The maximum Gasteiger partial charge on any atom is 0.273 e. The first kappa shape index (κ1) is 13.7. The van der Waals surface area contributed by atoms with Crippen LogP contribution in [0.4, 0.5) is 11.4 Å². The first-order chi connectivity index (χ1) is 8.27. The molecule has 96 valence electrons. The van der Waals surface area contributed by atoms with E-state index in [1.807, 2.05) is 4.72 Å². The monoisotopic (exact) mass is 271 g/mol. The minimum Gasteiger partial charge on any atom is -0.505 e. The van der Waals surface area contributed by atoms with E-state index in [1.54, 1.807) is 0 Å². The topological polar surface area (TPSA) is 133 Å². The summed E-state index contributed by atoms with van der Waals surface area (Å²) in [6.07, 6.45) is 0. The Hall–Kier alpha value is -2.34. The highest BCUT2D eigenvalue weighted by Crippen LogP contribution is 2.29. The Bertz CT molecular complexity index is 620. The number of anilines is 1. The SMILES string of the molecule is CC(C#N)S(=O)(=O)Nc1ccc([N+](=O)[O-])cc1O. The van der Waals surface area contributed by atoms with E-state index in [-0.39, 0.29) is 11.4 Å². The second-order valence-electron chi connectivity index (χ2n) is 3.38. The van der Waals surface area contributed by atoms with Gasteiger partial charge < -0.3 is 5.11 Å². The Morgan fingerprint density at radius 2 is 2.17 bits per heavy atom. The van der Waals surface area contributed by atoms with Gasteiger partial charge in [0, 0.05) is 6.07 Å². The zero-order chi connectivity index (χ0) is 13.9. The van der Waals surface area contributed by atoms with Crippen molar-refractivity contribution in [3.05, 3.63) is 28.3 Å². The molecule has 0 aliphatic heterocycles. The van der Waals surface area contributed by atoms with Gasteiger partial charge in [0.2, 0.25) is 10.0 Å². The number of non-ortho nitro benzene ring substituents is 1. The Morgan fingerprint density at radius 3 is 2.61 bits per heavy atom. The molecule has 1 atom stereocenters. The van der Waals surface area contributed by atoms with Crippen LogP contribution in [0.15, 0.2) is 18.2 Å². The Balaban J connectivity index is 3.08. The van der Waals surface area contributed by atoms with Crippen LogP contribution < -0.4 is 4.72 Å². The smallest absolute Gasteiger partial charge is 0.273 e. The first-order valence-electron chi connectivity index (χ1n) is 4.66. The molecule has 2 N–H and O–H groups in total. The van der Waals surface area contributed by atoms with Crippen molar-refractivity contribution in [2.24, 2.45) is 0 Å². The van der Waals surface area contributed by atoms with Crippen LogP contribution >= 0.6 is 0 Å². The molecule has 0 bridgehead atoms. The number of phenols is 1. The fraction of sp³-hybridized carbons (Fsp3) is 0.222. The number of rotatable bonds is 4. The molecule has 0 fully saturated rings. The van der Waals surface area contributed by atoms with Crippen LogP contribution in [0.5, 0.6) is 5.75 Å². The Kier molecular flexibility index (Phi) is 3.73. The van der Waals surface area contributed by atoms with Crippen LogP contribution in [0, 0.1) is 21.4 Å². The lowest BCUT2D eigenvalue weighted by Gasteiger charge is -2.10.